The molecule has 0 unspecified atom stereocenters. The van der Waals surface area contributed by atoms with Gasteiger partial charge in [-0.25, -0.2) is 4.98 Å². The second kappa shape index (κ2) is 5.81. The highest BCUT2D eigenvalue weighted by molar-refractivity contribution is 5.95. The van der Waals surface area contributed by atoms with E-state index >= 15 is 0 Å². The third kappa shape index (κ3) is 2.68. The number of carbonyl (C=O) groups excluding carboxylic acids is 1. The zero-order valence-electron chi connectivity index (χ0n) is 12.4. The van der Waals surface area contributed by atoms with Crippen molar-refractivity contribution in [2.75, 3.05) is 6.61 Å². The van der Waals surface area contributed by atoms with Crippen LogP contribution in [0.25, 0.3) is 5.65 Å². The number of hydrogen-bond donors (Lipinski definition) is 1. The Morgan fingerprint density at radius 2 is 2.26 bits per heavy atom. The molecule has 0 radical (unpaired) electrons. The lowest BCUT2D eigenvalue weighted by Crippen LogP contribution is -2.36. The van der Waals surface area contributed by atoms with Crippen LogP contribution in [0.3, 0.4) is 0 Å². The Morgan fingerprint density at radius 1 is 1.30 bits per heavy atom. The van der Waals surface area contributed by atoms with E-state index in [1.807, 2.05) is 28.9 Å². The predicted molar refractivity (Wildman–Crippen MR) is 84.0 cm³/mol. The summed E-state index contributed by atoms with van der Waals surface area (Å²) >= 11 is 0. The van der Waals surface area contributed by atoms with Gasteiger partial charge in [-0.1, -0.05) is 6.07 Å². The zero-order valence-corrected chi connectivity index (χ0v) is 12.4. The van der Waals surface area contributed by atoms with Crippen molar-refractivity contribution in [2.45, 2.75) is 18.6 Å². The van der Waals surface area contributed by atoms with E-state index in [1.54, 1.807) is 30.7 Å². The van der Waals surface area contributed by atoms with Gasteiger partial charge in [0, 0.05) is 48.7 Å². The summed E-state index contributed by atoms with van der Waals surface area (Å²) in [5, 5.41) is 3.07. The SMILES string of the molecule is O=C(N[C@H]1CCO[C@@H]1c1cccnc1)c1ccn2ccnc2c1. The Labute approximate surface area is 133 Å². The molecule has 0 aliphatic carbocycles. The van der Waals surface area contributed by atoms with Crippen molar-refractivity contribution in [1.29, 1.82) is 0 Å². The molecule has 6 heteroatoms. The molecule has 1 aliphatic heterocycles. The molecule has 6 nitrogen and oxygen atoms in total. The number of rotatable bonds is 3. The number of imidazole rings is 1. The smallest absolute Gasteiger partial charge is 0.251 e. The molecule has 0 aromatic carbocycles. The number of carbonyl (C=O) groups is 1. The van der Waals surface area contributed by atoms with E-state index in [9.17, 15) is 4.79 Å². The van der Waals surface area contributed by atoms with E-state index in [0.717, 1.165) is 17.6 Å². The van der Waals surface area contributed by atoms with Gasteiger partial charge in [-0.15, -0.1) is 0 Å². The van der Waals surface area contributed by atoms with Gasteiger partial charge in [-0.3, -0.25) is 9.78 Å². The van der Waals surface area contributed by atoms with E-state index < -0.39 is 0 Å². The van der Waals surface area contributed by atoms with Gasteiger partial charge in [0.2, 0.25) is 0 Å². The van der Waals surface area contributed by atoms with Gasteiger partial charge in [0.1, 0.15) is 11.8 Å². The standard InChI is InChI=1S/C17H16N4O2/c22-17(12-3-7-21-8-6-19-15(21)10-12)20-14-4-9-23-16(14)13-2-1-5-18-11-13/h1-3,5-8,10-11,14,16H,4,9H2,(H,20,22)/t14-,16+/m0/s1. The lowest BCUT2D eigenvalue weighted by Gasteiger charge is -2.20. The maximum absolute atomic E-state index is 12.5. The van der Waals surface area contributed by atoms with E-state index in [1.165, 1.54) is 0 Å². The van der Waals surface area contributed by atoms with E-state index in [0.29, 0.717) is 12.2 Å². The summed E-state index contributed by atoms with van der Waals surface area (Å²) in [7, 11) is 0. The minimum absolute atomic E-state index is 0.0531. The summed E-state index contributed by atoms with van der Waals surface area (Å²) < 4.78 is 7.64. The van der Waals surface area contributed by atoms with Crippen molar-refractivity contribution in [2.24, 2.45) is 0 Å². The fourth-order valence-corrected chi connectivity index (χ4v) is 2.91. The Morgan fingerprint density at radius 3 is 3.13 bits per heavy atom. The molecular weight excluding hydrogens is 292 g/mol. The first-order chi connectivity index (χ1) is 11.3. The van der Waals surface area contributed by atoms with Crippen LogP contribution in [-0.2, 0) is 4.74 Å². The van der Waals surface area contributed by atoms with Crippen molar-refractivity contribution in [3.8, 4) is 0 Å². The van der Waals surface area contributed by atoms with E-state index in [-0.39, 0.29) is 18.1 Å². The number of hydrogen-bond acceptors (Lipinski definition) is 4. The van der Waals surface area contributed by atoms with Gasteiger partial charge < -0.3 is 14.5 Å². The van der Waals surface area contributed by atoms with Crippen molar-refractivity contribution in [3.63, 3.8) is 0 Å². The number of fused-ring (bicyclic) bond motifs is 1. The Kier molecular flexibility index (Phi) is 3.51. The first-order valence-electron chi connectivity index (χ1n) is 7.56. The summed E-state index contributed by atoms with van der Waals surface area (Å²) in [5.41, 5.74) is 2.34. The van der Waals surface area contributed by atoms with Crippen LogP contribution in [0, 0.1) is 0 Å². The van der Waals surface area contributed by atoms with Crippen molar-refractivity contribution in [1.82, 2.24) is 19.7 Å². The molecule has 0 bridgehead atoms. The molecule has 116 valence electrons. The predicted octanol–water partition coefficient (Wildman–Crippen LogP) is 1.99. The first-order valence-corrected chi connectivity index (χ1v) is 7.56. The fourth-order valence-electron chi connectivity index (χ4n) is 2.91. The van der Waals surface area contributed by atoms with Gasteiger partial charge in [0.05, 0.1) is 6.04 Å². The molecule has 2 atom stereocenters. The molecule has 1 aliphatic rings. The second-order valence-electron chi connectivity index (χ2n) is 5.55. The quantitative estimate of drug-likeness (QED) is 0.803. The third-order valence-corrected chi connectivity index (χ3v) is 4.08. The molecule has 1 saturated heterocycles. The Bertz CT molecular complexity index is 831. The molecule has 4 heterocycles. The van der Waals surface area contributed by atoms with Crippen molar-refractivity contribution in [3.05, 3.63) is 66.4 Å². The number of nitrogens with one attached hydrogen (secondary N) is 1. The molecule has 1 fully saturated rings. The van der Waals surface area contributed by atoms with Gasteiger partial charge in [0.15, 0.2) is 0 Å². The third-order valence-electron chi connectivity index (χ3n) is 4.08. The number of pyridine rings is 2. The monoisotopic (exact) mass is 308 g/mol. The van der Waals surface area contributed by atoms with Crippen molar-refractivity contribution >= 4 is 11.6 Å². The molecule has 1 amide bonds. The molecule has 4 rings (SSSR count). The minimum Gasteiger partial charge on any atom is -0.371 e. The second-order valence-corrected chi connectivity index (χ2v) is 5.55. The lowest BCUT2D eigenvalue weighted by atomic mass is 10.0. The molecular formula is C17H16N4O2. The average Bonchev–Trinajstić information content (AvgIpc) is 3.23. The highest BCUT2D eigenvalue weighted by atomic mass is 16.5. The number of nitrogens with zero attached hydrogens (tertiary/aromatic N) is 3. The maximum Gasteiger partial charge on any atom is 0.251 e. The maximum atomic E-state index is 12.5. The highest BCUT2D eigenvalue weighted by Crippen LogP contribution is 2.28. The van der Waals surface area contributed by atoms with Crippen LogP contribution >= 0.6 is 0 Å². The van der Waals surface area contributed by atoms with Gasteiger partial charge in [-0.05, 0) is 24.6 Å². The molecule has 0 spiro atoms. The molecule has 1 N–H and O–H groups in total. The van der Waals surface area contributed by atoms with Crippen LogP contribution in [0.4, 0.5) is 0 Å². The first kappa shape index (κ1) is 13.9. The number of amides is 1. The molecule has 0 saturated carbocycles. The van der Waals surface area contributed by atoms with E-state index in [2.05, 4.69) is 15.3 Å². The van der Waals surface area contributed by atoms with Crippen LogP contribution in [0.15, 0.2) is 55.2 Å². The topological polar surface area (TPSA) is 68.5 Å². The summed E-state index contributed by atoms with van der Waals surface area (Å²) in [5.74, 6) is -0.111. The Balaban J connectivity index is 1.53. The van der Waals surface area contributed by atoms with E-state index in [4.69, 9.17) is 4.74 Å². The fraction of sp³-hybridized carbons (Fsp3) is 0.235. The average molecular weight is 308 g/mol. The van der Waals surface area contributed by atoms with Crippen LogP contribution in [0.5, 0.6) is 0 Å². The molecule has 3 aromatic rings. The summed E-state index contributed by atoms with van der Waals surface area (Å²) in [4.78, 5) is 20.9. The van der Waals surface area contributed by atoms with Crippen LogP contribution < -0.4 is 5.32 Å². The zero-order chi connectivity index (χ0) is 15.6. The Hall–Kier alpha value is -2.73. The molecule has 23 heavy (non-hydrogen) atoms. The minimum atomic E-state index is -0.150. The highest BCUT2D eigenvalue weighted by Gasteiger charge is 2.31. The van der Waals surface area contributed by atoms with Crippen molar-refractivity contribution < 1.29 is 9.53 Å². The summed E-state index contributed by atoms with van der Waals surface area (Å²) in [6, 6.07) is 7.37. The summed E-state index contributed by atoms with van der Waals surface area (Å²) in [6.45, 7) is 0.629. The van der Waals surface area contributed by atoms with Gasteiger partial charge in [-0.2, -0.15) is 0 Å². The number of aromatic nitrogens is 3. The number of ether oxygens (including phenoxy) is 1. The van der Waals surface area contributed by atoms with Crippen LogP contribution in [-0.4, -0.2) is 32.9 Å². The normalized spacial score (nSPS) is 20.7. The van der Waals surface area contributed by atoms with Crippen LogP contribution in [0.2, 0.25) is 0 Å². The lowest BCUT2D eigenvalue weighted by molar-refractivity contribution is 0.0820. The van der Waals surface area contributed by atoms with Gasteiger partial charge >= 0.3 is 0 Å². The molecule has 3 aromatic heterocycles. The van der Waals surface area contributed by atoms with Gasteiger partial charge in [0.25, 0.3) is 5.91 Å². The summed E-state index contributed by atoms with van der Waals surface area (Å²) in [6.07, 6.45) is 9.54. The largest absolute Gasteiger partial charge is 0.371 e. The van der Waals surface area contributed by atoms with Crippen LogP contribution in [0.1, 0.15) is 28.4 Å².